The van der Waals surface area contributed by atoms with Crippen LogP contribution < -0.4 is 9.62 Å². The lowest BCUT2D eigenvalue weighted by Gasteiger charge is -2.32. The molecule has 1 N–H and O–H groups in total. The molecular weight excluding hydrogens is 462 g/mol. The Balaban J connectivity index is 1.91. The summed E-state index contributed by atoms with van der Waals surface area (Å²) in [7, 11) is -3.74. The van der Waals surface area contributed by atoms with Crippen molar-refractivity contribution in [2.75, 3.05) is 17.1 Å². The minimum atomic E-state index is -3.74. The van der Waals surface area contributed by atoms with Crippen molar-refractivity contribution in [3.8, 4) is 0 Å². The number of anilines is 1. The van der Waals surface area contributed by atoms with Crippen LogP contribution in [0.4, 0.5) is 5.69 Å². The van der Waals surface area contributed by atoms with Gasteiger partial charge in [-0.25, -0.2) is 8.42 Å². The summed E-state index contributed by atoms with van der Waals surface area (Å²) in [5.74, 6) is -0.637. The highest BCUT2D eigenvalue weighted by Gasteiger charge is 2.31. The Hall–Kier alpha value is -2.87. The second-order valence-electron chi connectivity index (χ2n) is 9.74. The molecule has 0 spiro atoms. The van der Waals surface area contributed by atoms with E-state index in [1.165, 1.54) is 4.90 Å². The average molecular weight is 500 g/mol. The van der Waals surface area contributed by atoms with E-state index in [1.807, 2.05) is 57.2 Å². The lowest BCUT2D eigenvalue weighted by Crippen LogP contribution is -2.52. The minimum absolute atomic E-state index is 0.128. The number of hydrogen-bond acceptors (Lipinski definition) is 4. The Kier molecular flexibility index (Phi) is 8.59. The van der Waals surface area contributed by atoms with Gasteiger partial charge in [-0.3, -0.25) is 13.9 Å². The van der Waals surface area contributed by atoms with Crippen molar-refractivity contribution in [2.45, 2.75) is 72.0 Å². The molecule has 1 atom stereocenters. The smallest absolute Gasteiger partial charge is 0.244 e. The molecule has 0 heterocycles. The molecule has 8 heteroatoms. The van der Waals surface area contributed by atoms with Gasteiger partial charge < -0.3 is 10.2 Å². The van der Waals surface area contributed by atoms with Gasteiger partial charge in [0.05, 0.1) is 11.9 Å². The van der Waals surface area contributed by atoms with Gasteiger partial charge in [-0.1, -0.05) is 54.8 Å². The predicted molar refractivity (Wildman–Crippen MR) is 140 cm³/mol. The fourth-order valence-electron chi connectivity index (χ4n) is 4.56. The molecule has 1 fully saturated rings. The second kappa shape index (κ2) is 11.2. The molecule has 2 aromatic carbocycles. The molecular formula is C27H37N3O4S. The van der Waals surface area contributed by atoms with Crippen LogP contribution in [0.2, 0.25) is 0 Å². The van der Waals surface area contributed by atoms with Crippen LogP contribution in [-0.2, 0) is 26.2 Å². The highest BCUT2D eigenvalue weighted by Crippen LogP contribution is 2.25. The Morgan fingerprint density at radius 1 is 1.03 bits per heavy atom. The lowest BCUT2D eigenvalue weighted by atomic mass is 10.1. The number of amides is 2. The van der Waals surface area contributed by atoms with Gasteiger partial charge in [0.1, 0.15) is 12.6 Å². The van der Waals surface area contributed by atoms with Gasteiger partial charge in [0.15, 0.2) is 0 Å². The molecule has 0 radical (unpaired) electrons. The number of hydrogen-bond donors (Lipinski definition) is 1. The van der Waals surface area contributed by atoms with Crippen LogP contribution in [0.1, 0.15) is 54.9 Å². The lowest BCUT2D eigenvalue weighted by molar-refractivity contribution is -0.139. The van der Waals surface area contributed by atoms with E-state index in [-0.39, 0.29) is 25.0 Å². The monoisotopic (exact) mass is 499 g/mol. The summed E-state index contributed by atoms with van der Waals surface area (Å²) in [4.78, 5) is 28.3. The first-order chi connectivity index (χ1) is 16.5. The van der Waals surface area contributed by atoms with Gasteiger partial charge in [-0.05, 0) is 63.3 Å². The van der Waals surface area contributed by atoms with Crippen molar-refractivity contribution in [2.24, 2.45) is 0 Å². The fourth-order valence-corrected chi connectivity index (χ4v) is 5.46. The largest absolute Gasteiger partial charge is 0.352 e. The van der Waals surface area contributed by atoms with Gasteiger partial charge in [-0.15, -0.1) is 0 Å². The van der Waals surface area contributed by atoms with Crippen LogP contribution >= 0.6 is 0 Å². The van der Waals surface area contributed by atoms with E-state index in [0.29, 0.717) is 5.69 Å². The van der Waals surface area contributed by atoms with Crippen molar-refractivity contribution in [1.82, 2.24) is 10.2 Å². The number of carbonyl (C=O) groups excluding carboxylic acids is 2. The van der Waals surface area contributed by atoms with Crippen molar-refractivity contribution in [1.29, 1.82) is 0 Å². The Morgan fingerprint density at radius 2 is 1.69 bits per heavy atom. The number of carbonyl (C=O) groups is 2. The quantitative estimate of drug-likeness (QED) is 0.568. The van der Waals surface area contributed by atoms with E-state index in [9.17, 15) is 18.0 Å². The molecule has 190 valence electrons. The van der Waals surface area contributed by atoms with E-state index in [0.717, 1.165) is 58.5 Å². The SMILES string of the molecule is Cc1cccc(CN(C(=O)CN(c2cc(C)ccc2C)S(C)(=O)=O)C(C)C(=O)NC2CCCC2)c1. The zero-order valence-corrected chi connectivity index (χ0v) is 22.2. The third-order valence-corrected chi connectivity index (χ3v) is 7.74. The molecule has 1 saturated carbocycles. The molecule has 2 aromatic rings. The standard InChI is InChI=1S/C27H37N3O4S/c1-19-9-8-10-23(15-19)17-29(22(4)27(32)28-24-11-6-7-12-24)26(31)18-30(35(5,33)34)25-16-20(2)13-14-21(25)3/h8-10,13-16,22,24H,6-7,11-12,17-18H2,1-5H3,(H,28,32). The molecule has 7 nitrogen and oxygen atoms in total. The van der Waals surface area contributed by atoms with Crippen LogP contribution in [0.5, 0.6) is 0 Å². The number of nitrogens with one attached hydrogen (secondary N) is 1. The molecule has 0 aromatic heterocycles. The van der Waals surface area contributed by atoms with Crippen LogP contribution in [0.15, 0.2) is 42.5 Å². The van der Waals surface area contributed by atoms with E-state index in [2.05, 4.69) is 5.32 Å². The van der Waals surface area contributed by atoms with Crippen molar-refractivity contribution < 1.29 is 18.0 Å². The summed E-state index contributed by atoms with van der Waals surface area (Å²) in [6, 6.07) is 12.7. The summed E-state index contributed by atoms with van der Waals surface area (Å²) in [6.45, 7) is 7.21. The molecule has 1 aliphatic rings. The molecule has 35 heavy (non-hydrogen) atoms. The number of nitrogens with zero attached hydrogens (tertiary/aromatic N) is 2. The first-order valence-electron chi connectivity index (χ1n) is 12.2. The van der Waals surface area contributed by atoms with Crippen molar-refractivity contribution in [3.05, 3.63) is 64.7 Å². The molecule has 1 aliphatic carbocycles. The topological polar surface area (TPSA) is 86.8 Å². The molecule has 1 unspecified atom stereocenters. The summed E-state index contributed by atoms with van der Waals surface area (Å²) in [5.41, 5.74) is 4.06. The van der Waals surface area contributed by atoms with Gasteiger partial charge >= 0.3 is 0 Å². The van der Waals surface area contributed by atoms with Crippen LogP contribution in [0, 0.1) is 20.8 Å². The summed E-state index contributed by atoms with van der Waals surface area (Å²) >= 11 is 0. The Labute approximate surface area is 209 Å². The number of aryl methyl sites for hydroxylation is 3. The zero-order valence-electron chi connectivity index (χ0n) is 21.4. The predicted octanol–water partition coefficient (Wildman–Crippen LogP) is 3.85. The van der Waals surface area contributed by atoms with Gasteiger partial charge in [-0.2, -0.15) is 0 Å². The maximum Gasteiger partial charge on any atom is 0.244 e. The third kappa shape index (κ3) is 7.07. The molecule has 0 saturated heterocycles. The minimum Gasteiger partial charge on any atom is -0.352 e. The first kappa shape index (κ1) is 26.7. The average Bonchev–Trinajstić information content (AvgIpc) is 3.29. The molecule has 2 amide bonds. The van der Waals surface area contributed by atoms with E-state index >= 15 is 0 Å². The molecule has 0 aliphatic heterocycles. The highest BCUT2D eigenvalue weighted by molar-refractivity contribution is 7.92. The second-order valence-corrected chi connectivity index (χ2v) is 11.6. The maximum absolute atomic E-state index is 13.7. The Bertz CT molecular complexity index is 1170. The van der Waals surface area contributed by atoms with E-state index in [4.69, 9.17) is 0 Å². The summed E-state index contributed by atoms with van der Waals surface area (Å²) in [6.07, 6.45) is 5.16. The van der Waals surface area contributed by atoms with Crippen LogP contribution in [0.25, 0.3) is 0 Å². The number of rotatable bonds is 9. The van der Waals surface area contributed by atoms with Crippen LogP contribution in [0.3, 0.4) is 0 Å². The highest BCUT2D eigenvalue weighted by atomic mass is 32.2. The summed E-state index contributed by atoms with van der Waals surface area (Å²) < 4.78 is 26.7. The Morgan fingerprint density at radius 3 is 2.31 bits per heavy atom. The van der Waals surface area contributed by atoms with Crippen LogP contribution in [-0.4, -0.2) is 50.0 Å². The number of sulfonamides is 1. The van der Waals surface area contributed by atoms with E-state index in [1.54, 1.807) is 13.0 Å². The molecule has 3 rings (SSSR count). The van der Waals surface area contributed by atoms with Crippen molar-refractivity contribution >= 4 is 27.5 Å². The number of benzene rings is 2. The summed E-state index contributed by atoms with van der Waals surface area (Å²) in [5, 5.41) is 3.08. The van der Waals surface area contributed by atoms with Gasteiger partial charge in [0.2, 0.25) is 21.8 Å². The zero-order chi connectivity index (χ0) is 25.8. The third-order valence-electron chi connectivity index (χ3n) is 6.62. The maximum atomic E-state index is 13.7. The van der Waals surface area contributed by atoms with Gasteiger partial charge in [0.25, 0.3) is 0 Å². The first-order valence-corrected chi connectivity index (χ1v) is 14.0. The van der Waals surface area contributed by atoms with E-state index < -0.39 is 22.0 Å². The van der Waals surface area contributed by atoms with Gasteiger partial charge in [0, 0.05) is 12.6 Å². The van der Waals surface area contributed by atoms with Crippen molar-refractivity contribution in [3.63, 3.8) is 0 Å². The fraction of sp³-hybridized carbons (Fsp3) is 0.481. The normalized spacial score (nSPS) is 15.0. The molecule has 0 bridgehead atoms.